The molecule has 0 spiro atoms. The Labute approximate surface area is 235 Å². The van der Waals surface area contributed by atoms with Gasteiger partial charge in [0.1, 0.15) is 11.6 Å². The van der Waals surface area contributed by atoms with Crippen LogP contribution < -0.4 is 15.4 Å². The highest BCUT2D eigenvalue weighted by Crippen LogP contribution is 2.25. The highest BCUT2D eigenvalue weighted by molar-refractivity contribution is 6.09. The molecular formula is C32H48N6O. The molecule has 2 aromatic rings. The lowest BCUT2D eigenvalue weighted by molar-refractivity contribution is 0.208. The van der Waals surface area contributed by atoms with Gasteiger partial charge in [-0.05, 0) is 101 Å². The number of ether oxygens (including phenoxy) is 1. The summed E-state index contributed by atoms with van der Waals surface area (Å²) in [6.45, 7) is 12.6. The number of amidine groups is 1. The van der Waals surface area contributed by atoms with E-state index in [9.17, 15) is 0 Å². The van der Waals surface area contributed by atoms with Gasteiger partial charge in [0.2, 0.25) is 0 Å². The molecule has 2 aliphatic heterocycles. The van der Waals surface area contributed by atoms with Gasteiger partial charge in [0.15, 0.2) is 0 Å². The van der Waals surface area contributed by atoms with Gasteiger partial charge in [0.25, 0.3) is 0 Å². The van der Waals surface area contributed by atoms with E-state index < -0.39 is 0 Å². The van der Waals surface area contributed by atoms with Gasteiger partial charge in [-0.3, -0.25) is 9.89 Å². The van der Waals surface area contributed by atoms with Crippen LogP contribution in [-0.2, 0) is 6.54 Å². The molecule has 2 fully saturated rings. The summed E-state index contributed by atoms with van der Waals surface area (Å²) in [5.74, 6) is 1.19. The number of aliphatic imine (C=N–C) groups is 1. The predicted molar refractivity (Wildman–Crippen MR) is 164 cm³/mol. The maximum atomic E-state index is 8.07. The summed E-state index contributed by atoms with van der Waals surface area (Å²) in [4.78, 5) is 12.5. The molecule has 0 atom stereocenters. The number of rotatable bonds is 13. The molecule has 0 bridgehead atoms. The Morgan fingerprint density at radius 2 is 1.74 bits per heavy atom. The zero-order chi connectivity index (χ0) is 27.6. The molecule has 0 radical (unpaired) electrons. The van der Waals surface area contributed by atoms with Crippen molar-refractivity contribution in [2.24, 2.45) is 10.7 Å². The van der Waals surface area contributed by atoms with E-state index in [1.165, 1.54) is 63.1 Å². The van der Waals surface area contributed by atoms with Gasteiger partial charge in [-0.1, -0.05) is 19.1 Å². The number of likely N-dealkylation sites (tertiary alicyclic amines) is 1. The van der Waals surface area contributed by atoms with Crippen LogP contribution in [0.2, 0.25) is 0 Å². The standard InChI is InChI=1S/C32H48N6O/c1-4-17-36(18-7-16-35-32(34)31-23-29(39-3)12-13-30(31)25(2)33)24-26-8-10-27(11-9-26)38-21-14-28(15-22-38)37-19-5-6-20-37/h8-13,23,28,33H,4-7,14-22,24H2,1-3H3,(H2,34,35). The summed E-state index contributed by atoms with van der Waals surface area (Å²) in [5.41, 5.74) is 11.1. The van der Waals surface area contributed by atoms with Crippen LogP contribution >= 0.6 is 0 Å². The fraction of sp³-hybridized carbons (Fsp3) is 0.562. The van der Waals surface area contributed by atoms with Crippen molar-refractivity contribution in [3.8, 4) is 5.75 Å². The number of nitrogens with two attached hydrogens (primary N) is 1. The van der Waals surface area contributed by atoms with Crippen molar-refractivity contribution in [3.63, 3.8) is 0 Å². The number of benzene rings is 2. The van der Waals surface area contributed by atoms with Crippen molar-refractivity contribution < 1.29 is 4.74 Å². The Bertz CT molecular complexity index is 1080. The molecule has 0 amide bonds. The van der Waals surface area contributed by atoms with E-state index >= 15 is 0 Å². The summed E-state index contributed by atoms with van der Waals surface area (Å²) >= 11 is 0. The van der Waals surface area contributed by atoms with Crippen LogP contribution in [0.3, 0.4) is 0 Å². The highest BCUT2D eigenvalue weighted by Gasteiger charge is 2.26. The average molecular weight is 533 g/mol. The van der Waals surface area contributed by atoms with Gasteiger partial charge < -0.3 is 25.7 Å². The van der Waals surface area contributed by atoms with Crippen LogP contribution in [0.25, 0.3) is 0 Å². The summed E-state index contributed by atoms with van der Waals surface area (Å²) in [6.07, 6.45) is 7.41. The molecule has 2 saturated heterocycles. The van der Waals surface area contributed by atoms with Crippen LogP contribution in [0.5, 0.6) is 5.75 Å². The number of hydrogen-bond acceptors (Lipinski definition) is 6. The molecule has 0 saturated carbocycles. The van der Waals surface area contributed by atoms with Crippen LogP contribution in [0, 0.1) is 5.41 Å². The van der Waals surface area contributed by atoms with Crippen molar-refractivity contribution in [2.75, 3.05) is 57.8 Å². The monoisotopic (exact) mass is 532 g/mol. The number of anilines is 1. The highest BCUT2D eigenvalue weighted by atomic mass is 16.5. The average Bonchev–Trinajstić information content (AvgIpc) is 3.50. The predicted octanol–water partition coefficient (Wildman–Crippen LogP) is 5.16. The van der Waals surface area contributed by atoms with Gasteiger partial charge in [-0.25, -0.2) is 0 Å². The zero-order valence-electron chi connectivity index (χ0n) is 24.3. The third-order valence-electron chi connectivity index (χ3n) is 8.19. The van der Waals surface area contributed by atoms with Crippen molar-refractivity contribution in [1.29, 1.82) is 5.41 Å². The number of hydrogen-bond donors (Lipinski definition) is 2. The second-order valence-corrected chi connectivity index (χ2v) is 11.1. The maximum Gasteiger partial charge on any atom is 0.126 e. The molecule has 2 aliphatic rings. The molecule has 2 heterocycles. The first-order valence-corrected chi connectivity index (χ1v) is 14.8. The second kappa shape index (κ2) is 14.5. The lowest BCUT2D eigenvalue weighted by atomic mass is 10.0. The third kappa shape index (κ3) is 8.05. The van der Waals surface area contributed by atoms with Gasteiger partial charge >= 0.3 is 0 Å². The number of nitrogens with one attached hydrogen (secondary N) is 1. The summed E-state index contributed by atoms with van der Waals surface area (Å²) < 4.78 is 5.35. The quantitative estimate of drug-likeness (QED) is 0.212. The Morgan fingerprint density at radius 3 is 2.38 bits per heavy atom. The van der Waals surface area contributed by atoms with Gasteiger partial charge in [-0.2, -0.15) is 0 Å². The topological polar surface area (TPSA) is 81.2 Å². The molecule has 7 heteroatoms. The van der Waals surface area contributed by atoms with E-state index in [1.54, 1.807) is 14.0 Å². The van der Waals surface area contributed by atoms with Gasteiger partial charge in [0.05, 0.1) is 7.11 Å². The minimum atomic E-state index is 0.470. The molecule has 0 unspecified atom stereocenters. The molecule has 2 aromatic carbocycles. The van der Waals surface area contributed by atoms with Gasteiger partial charge in [0, 0.05) is 61.3 Å². The lowest BCUT2D eigenvalue weighted by Gasteiger charge is -2.37. The van der Waals surface area contributed by atoms with E-state index in [2.05, 4.69) is 50.9 Å². The Balaban J connectivity index is 1.27. The Morgan fingerprint density at radius 1 is 1.03 bits per heavy atom. The van der Waals surface area contributed by atoms with E-state index in [0.717, 1.165) is 55.4 Å². The number of methoxy groups -OCH3 is 1. The molecule has 4 rings (SSSR count). The summed E-state index contributed by atoms with van der Waals surface area (Å²) in [5, 5.41) is 8.07. The van der Waals surface area contributed by atoms with Crippen molar-refractivity contribution in [2.45, 2.75) is 65.0 Å². The first kappa shape index (κ1) is 29.1. The van der Waals surface area contributed by atoms with Crippen LogP contribution in [0.4, 0.5) is 5.69 Å². The van der Waals surface area contributed by atoms with Crippen LogP contribution in [-0.4, -0.2) is 80.3 Å². The second-order valence-electron chi connectivity index (χ2n) is 11.1. The SMILES string of the molecule is CCCN(CCCN=C(N)c1cc(OC)ccc1C(C)=N)Cc1ccc(N2CCC(N3CCCC3)CC2)cc1. The van der Waals surface area contributed by atoms with E-state index in [0.29, 0.717) is 18.1 Å². The Kier molecular flexibility index (Phi) is 10.8. The number of nitrogens with zero attached hydrogens (tertiary/aromatic N) is 4. The van der Waals surface area contributed by atoms with Crippen molar-refractivity contribution in [1.82, 2.24) is 9.80 Å². The van der Waals surface area contributed by atoms with Gasteiger partial charge in [-0.15, -0.1) is 0 Å². The minimum Gasteiger partial charge on any atom is -0.497 e. The third-order valence-corrected chi connectivity index (χ3v) is 8.19. The van der Waals surface area contributed by atoms with Crippen molar-refractivity contribution >= 4 is 17.2 Å². The lowest BCUT2D eigenvalue weighted by Crippen LogP contribution is -2.43. The molecule has 7 nitrogen and oxygen atoms in total. The van der Waals surface area contributed by atoms with Crippen LogP contribution in [0.1, 0.15) is 69.1 Å². The first-order chi connectivity index (χ1) is 19.0. The molecule has 0 aromatic heterocycles. The summed E-state index contributed by atoms with van der Waals surface area (Å²) in [7, 11) is 1.64. The fourth-order valence-corrected chi connectivity index (χ4v) is 6.02. The molecule has 3 N–H and O–H groups in total. The molecule has 212 valence electrons. The van der Waals surface area contributed by atoms with E-state index in [-0.39, 0.29) is 0 Å². The largest absolute Gasteiger partial charge is 0.497 e. The molecular weight excluding hydrogens is 484 g/mol. The smallest absolute Gasteiger partial charge is 0.126 e. The van der Waals surface area contributed by atoms with Crippen molar-refractivity contribution in [3.05, 3.63) is 59.2 Å². The first-order valence-electron chi connectivity index (χ1n) is 14.8. The zero-order valence-corrected chi connectivity index (χ0v) is 24.3. The normalized spacial score (nSPS) is 17.2. The van der Waals surface area contributed by atoms with E-state index in [4.69, 9.17) is 15.9 Å². The minimum absolute atomic E-state index is 0.470. The Hall–Kier alpha value is -2.90. The van der Waals surface area contributed by atoms with Crippen LogP contribution in [0.15, 0.2) is 47.5 Å². The maximum absolute atomic E-state index is 8.07. The molecule has 39 heavy (non-hydrogen) atoms. The van der Waals surface area contributed by atoms with E-state index in [1.807, 2.05) is 18.2 Å². The fourth-order valence-electron chi connectivity index (χ4n) is 6.02. The number of piperidine rings is 1. The summed E-state index contributed by atoms with van der Waals surface area (Å²) in [6, 6.07) is 15.7. The molecule has 0 aliphatic carbocycles.